The van der Waals surface area contributed by atoms with E-state index < -0.39 is 23.6 Å². The van der Waals surface area contributed by atoms with Gasteiger partial charge in [0, 0.05) is 25.1 Å². The number of hydrogen-bond donors (Lipinski definition) is 1. The zero-order valence-corrected chi connectivity index (χ0v) is 18.0. The van der Waals surface area contributed by atoms with Crippen LogP contribution in [0.5, 0.6) is 0 Å². The van der Waals surface area contributed by atoms with Crippen molar-refractivity contribution >= 4 is 23.2 Å². The predicted molar refractivity (Wildman–Crippen MR) is 116 cm³/mol. The molecule has 2 amide bonds. The molecule has 0 bridgehead atoms. The number of likely N-dealkylation sites (tertiary alicyclic amines) is 1. The summed E-state index contributed by atoms with van der Waals surface area (Å²) < 4.78 is 27.5. The molecular formula is C24H25F2N3O3. The van der Waals surface area contributed by atoms with Crippen LogP contribution in [0, 0.1) is 23.5 Å². The zero-order chi connectivity index (χ0) is 22.8. The second-order valence-electron chi connectivity index (χ2n) is 8.65. The average molecular weight is 441 g/mol. The van der Waals surface area contributed by atoms with Crippen LogP contribution in [0.25, 0.3) is 0 Å². The van der Waals surface area contributed by atoms with Crippen LogP contribution in [-0.4, -0.2) is 41.6 Å². The fraction of sp³-hybridized carbons (Fsp3) is 0.375. The lowest BCUT2D eigenvalue weighted by Gasteiger charge is -2.35. The monoisotopic (exact) mass is 441 g/mol. The Hall–Kier alpha value is -3.29. The molecule has 4 rings (SSSR count). The van der Waals surface area contributed by atoms with E-state index in [0.717, 1.165) is 24.6 Å². The highest BCUT2D eigenvalue weighted by atomic mass is 19.1. The molecule has 0 radical (unpaired) electrons. The normalized spacial score (nSPS) is 22.8. The number of nitrogens with one attached hydrogen (secondary N) is 1. The molecule has 0 aliphatic carbocycles. The molecular weight excluding hydrogens is 416 g/mol. The summed E-state index contributed by atoms with van der Waals surface area (Å²) in [6, 6.07) is 9.85. The Morgan fingerprint density at radius 1 is 1.09 bits per heavy atom. The third kappa shape index (κ3) is 4.64. The first kappa shape index (κ1) is 21.9. The minimum atomic E-state index is -1.01. The van der Waals surface area contributed by atoms with Gasteiger partial charge in [0.2, 0.25) is 6.10 Å². The Morgan fingerprint density at radius 2 is 1.81 bits per heavy atom. The molecule has 1 saturated heterocycles. The maximum absolute atomic E-state index is 14.0. The van der Waals surface area contributed by atoms with Gasteiger partial charge in [-0.05, 0) is 48.6 Å². The van der Waals surface area contributed by atoms with E-state index >= 15 is 0 Å². The number of oxime groups is 1. The standard InChI is InChI=1S/C24H25F2N3O3/c1-14-9-15(2)13-29(12-14)24(31)17-5-3-4-6-20(17)27-23(30)22-11-21(28-32-22)18-10-16(25)7-8-19(18)26/h3-8,10,14-15,22H,9,11-13H2,1-2H3,(H,27,30). The van der Waals surface area contributed by atoms with Crippen molar-refractivity contribution in [1.29, 1.82) is 0 Å². The minimum Gasteiger partial charge on any atom is -0.382 e. The van der Waals surface area contributed by atoms with Crippen LogP contribution < -0.4 is 5.32 Å². The van der Waals surface area contributed by atoms with Gasteiger partial charge in [-0.2, -0.15) is 0 Å². The number of benzene rings is 2. The fourth-order valence-electron chi connectivity index (χ4n) is 4.39. The summed E-state index contributed by atoms with van der Waals surface area (Å²) in [5, 5.41) is 6.51. The van der Waals surface area contributed by atoms with Gasteiger partial charge < -0.3 is 15.1 Å². The number of anilines is 1. The van der Waals surface area contributed by atoms with E-state index in [0.29, 0.717) is 36.2 Å². The van der Waals surface area contributed by atoms with Crippen LogP contribution in [0.2, 0.25) is 0 Å². The van der Waals surface area contributed by atoms with Gasteiger partial charge >= 0.3 is 0 Å². The molecule has 3 atom stereocenters. The summed E-state index contributed by atoms with van der Waals surface area (Å²) in [4.78, 5) is 33.0. The minimum absolute atomic E-state index is 0.0104. The lowest BCUT2D eigenvalue weighted by atomic mass is 9.91. The van der Waals surface area contributed by atoms with E-state index in [1.807, 2.05) is 4.90 Å². The van der Waals surface area contributed by atoms with Gasteiger partial charge in [0.25, 0.3) is 11.8 Å². The molecule has 2 aliphatic rings. The van der Waals surface area contributed by atoms with Crippen molar-refractivity contribution in [1.82, 2.24) is 4.90 Å². The Morgan fingerprint density at radius 3 is 2.56 bits per heavy atom. The number of rotatable bonds is 4. The molecule has 2 heterocycles. The molecule has 2 aromatic rings. The Balaban J connectivity index is 1.46. The zero-order valence-electron chi connectivity index (χ0n) is 18.0. The molecule has 0 spiro atoms. The number of piperidine rings is 1. The SMILES string of the molecule is CC1CC(C)CN(C(=O)c2ccccc2NC(=O)C2CC(c3cc(F)ccc3F)=NO2)C1. The molecule has 1 N–H and O–H groups in total. The predicted octanol–water partition coefficient (Wildman–Crippen LogP) is 4.21. The van der Waals surface area contributed by atoms with Crippen molar-refractivity contribution in [3.05, 3.63) is 65.2 Å². The van der Waals surface area contributed by atoms with Gasteiger partial charge in [-0.3, -0.25) is 9.59 Å². The summed E-state index contributed by atoms with van der Waals surface area (Å²) in [5.74, 6) is -1.07. The lowest BCUT2D eigenvalue weighted by molar-refractivity contribution is -0.125. The maximum Gasteiger partial charge on any atom is 0.268 e. The van der Waals surface area contributed by atoms with E-state index in [-0.39, 0.29) is 23.6 Å². The highest BCUT2D eigenvalue weighted by Gasteiger charge is 2.32. The molecule has 2 aromatic carbocycles. The van der Waals surface area contributed by atoms with Gasteiger partial charge in [0.15, 0.2) is 0 Å². The number of carbonyl (C=O) groups is 2. The van der Waals surface area contributed by atoms with Crippen LogP contribution >= 0.6 is 0 Å². The van der Waals surface area contributed by atoms with Gasteiger partial charge in [-0.1, -0.05) is 31.1 Å². The van der Waals surface area contributed by atoms with E-state index in [1.165, 1.54) is 0 Å². The van der Waals surface area contributed by atoms with E-state index in [2.05, 4.69) is 24.3 Å². The van der Waals surface area contributed by atoms with Crippen LogP contribution in [0.1, 0.15) is 42.6 Å². The first-order valence-electron chi connectivity index (χ1n) is 10.7. The van der Waals surface area contributed by atoms with Gasteiger partial charge in [-0.25, -0.2) is 8.78 Å². The highest BCUT2D eigenvalue weighted by molar-refractivity contribution is 6.08. The average Bonchev–Trinajstić information content (AvgIpc) is 3.25. The fourth-order valence-corrected chi connectivity index (χ4v) is 4.39. The number of hydrogen-bond acceptors (Lipinski definition) is 4. The summed E-state index contributed by atoms with van der Waals surface area (Å²) in [5.41, 5.74) is 0.895. The maximum atomic E-state index is 14.0. The summed E-state index contributed by atoms with van der Waals surface area (Å²) >= 11 is 0. The molecule has 6 nitrogen and oxygen atoms in total. The number of halogens is 2. The lowest BCUT2D eigenvalue weighted by Crippen LogP contribution is -2.43. The molecule has 3 unspecified atom stereocenters. The molecule has 2 aliphatic heterocycles. The van der Waals surface area contributed by atoms with E-state index in [4.69, 9.17) is 4.84 Å². The van der Waals surface area contributed by atoms with Crippen LogP contribution in [-0.2, 0) is 9.63 Å². The summed E-state index contributed by atoms with van der Waals surface area (Å²) in [7, 11) is 0. The third-order valence-corrected chi connectivity index (χ3v) is 5.77. The van der Waals surface area contributed by atoms with Gasteiger partial charge in [-0.15, -0.1) is 0 Å². The van der Waals surface area contributed by atoms with Crippen molar-refractivity contribution in [2.75, 3.05) is 18.4 Å². The van der Waals surface area contributed by atoms with Gasteiger partial charge in [0.05, 0.1) is 17.0 Å². The first-order valence-corrected chi connectivity index (χ1v) is 10.7. The summed E-state index contributed by atoms with van der Waals surface area (Å²) in [6.07, 6.45) is 0.0599. The number of carbonyl (C=O) groups excluding carboxylic acids is 2. The molecule has 32 heavy (non-hydrogen) atoms. The van der Waals surface area contributed by atoms with Crippen molar-refractivity contribution in [3.63, 3.8) is 0 Å². The molecule has 1 fully saturated rings. The second-order valence-corrected chi connectivity index (χ2v) is 8.65. The van der Waals surface area contributed by atoms with Crippen molar-refractivity contribution in [2.24, 2.45) is 17.0 Å². The molecule has 0 aromatic heterocycles. The molecule has 0 saturated carbocycles. The molecule has 8 heteroatoms. The Bertz CT molecular complexity index is 1060. The molecule has 168 valence electrons. The highest BCUT2D eigenvalue weighted by Crippen LogP contribution is 2.26. The Labute approximate surface area is 185 Å². The largest absolute Gasteiger partial charge is 0.382 e. The van der Waals surface area contributed by atoms with Crippen LogP contribution in [0.4, 0.5) is 14.5 Å². The number of nitrogens with zero attached hydrogens (tertiary/aromatic N) is 2. The van der Waals surface area contributed by atoms with E-state index in [1.54, 1.807) is 24.3 Å². The van der Waals surface area contributed by atoms with Crippen molar-refractivity contribution in [3.8, 4) is 0 Å². The van der Waals surface area contributed by atoms with E-state index in [9.17, 15) is 18.4 Å². The quantitative estimate of drug-likeness (QED) is 0.773. The van der Waals surface area contributed by atoms with Crippen molar-refractivity contribution < 1.29 is 23.2 Å². The van der Waals surface area contributed by atoms with Crippen molar-refractivity contribution in [2.45, 2.75) is 32.8 Å². The topological polar surface area (TPSA) is 71.0 Å². The third-order valence-electron chi connectivity index (χ3n) is 5.77. The smallest absolute Gasteiger partial charge is 0.268 e. The summed E-state index contributed by atoms with van der Waals surface area (Å²) in [6.45, 7) is 5.60. The Kier molecular flexibility index (Phi) is 6.21. The number of para-hydroxylation sites is 1. The van der Waals surface area contributed by atoms with Gasteiger partial charge in [0.1, 0.15) is 11.6 Å². The second kappa shape index (κ2) is 9.06. The van der Waals surface area contributed by atoms with Crippen LogP contribution in [0.15, 0.2) is 47.6 Å². The number of amides is 2. The first-order chi connectivity index (χ1) is 15.3. The van der Waals surface area contributed by atoms with Crippen LogP contribution in [0.3, 0.4) is 0 Å².